The lowest BCUT2D eigenvalue weighted by atomic mass is 10.0. The van der Waals surface area contributed by atoms with Crippen molar-refractivity contribution in [1.29, 1.82) is 0 Å². The summed E-state index contributed by atoms with van der Waals surface area (Å²) in [6.07, 6.45) is 13.3. The number of hydrogen-bond donors (Lipinski definition) is 2. The molecule has 0 fully saturated rings. The fourth-order valence-corrected chi connectivity index (χ4v) is 1.95. The van der Waals surface area contributed by atoms with Crippen LogP contribution < -0.4 is 11.3 Å². The van der Waals surface area contributed by atoms with E-state index in [1.807, 2.05) is 0 Å². The van der Waals surface area contributed by atoms with Gasteiger partial charge in [-0.3, -0.25) is 11.3 Å². The Balaban J connectivity index is 3.29. The molecule has 0 atom stereocenters. The van der Waals surface area contributed by atoms with E-state index in [1.54, 1.807) is 0 Å². The highest BCUT2D eigenvalue weighted by Gasteiger charge is 2.05. The van der Waals surface area contributed by atoms with E-state index >= 15 is 0 Å². The van der Waals surface area contributed by atoms with Gasteiger partial charge in [0.2, 0.25) is 0 Å². The number of rotatable bonds is 11. The highest BCUT2D eigenvalue weighted by Crippen LogP contribution is 2.11. The van der Waals surface area contributed by atoms with Gasteiger partial charge in [-0.15, -0.1) is 0 Å². The second-order valence-electron chi connectivity index (χ2n) is 4.56. The van der Waals surface area contributed by atoms with Crippen LogP contribution in [0.1, 0.15) is 78.1 Å². The average molecular weight is 214 g/mol. The molecule has 0 bridgehead atoms. The van der Waals surface area contributed by atoms with Gasteiger partial charge in [-0.2, -0.15) is 0 Å². The molecule has 0 spiro atoms. The molecule has 15 heavy (non-hydrogen) atoms. The molecular weight excluding hydrogens is 184 g/mol. The van der Waals surface area contributed by atoms with Crippen molar-refractivity contribution in [3.8, 4) is 0 Å². The molecule has 0 aliphatic heterocycles. The minimum Gasteiger partial charge on any atom is -0.271 e. The third kappa shape index (κ3) is 10.2. The van der Waals surface area contributed by atoms with Gasteiger partial charge in [-0.1, -0.05) is 65.2 Å². The van der Waals surface area contributed by atoms with Crippen molar-refractivity contribution in [2.75, 3.05) is 0 Å². The van der Waals surface area contributed by atoms with Crippen LogP contribution in [-0.2, 0) is 0 Å². The van der Waals surface area contributed by atoms with Gasteiger partial charge in [-0.05, 0) is 12.8 Å². The van der Waals surface area contributed by atoms with Gasteiger partial charge in [-0.25, -0.2) is 0 Å². The summed E-state index contributed by atoms with van der Waals surface area (Å²) in [6.45, 7) is 4.51. The Morgan fingerprint density at radius 3 is 1.60 bits per heavy atom. The molecule has 0 radical (unpaired) electrons. The lowest BCUT2D eigenvalue weighted by Gasteiger charge is -2.15. The first kappa shape index (κ1) is 14.9. The molecule has 0 aromatic rings. The van der Waals surface area contributed by atoms with Crippen LogP contribution in [0.2, 0.25) is 0 Å². The number of nitrogens with two attached hydrogens (primary N) is 1. The molecule has 0 saturated carbocycles. The van der Waals surface area contributed by atoms with Crippen LogP contribution in [0.4, 0.5) is 0 Å². The van der Waals surface area contributed by atoms with Crippen LogP contribution in [0.25, 0.3) is 0 Å². The van der Waals surface area contributed by atoms with Crippen LogP contribution in [0, 0.1) is 0 Å². The van der Waals surface area contributed by atoms with Gasteiger partial charge < -0.3 is 0 Å². The van der Waals surface area contributed by atoms with Gasteiger partial charge in [0.25, 0.3) is 0 Å². The predicted octanol–water partition coefficient (Wildman–Crippen LogP) is 3.76. The summed E-state index contributed by atoms with van der Waals surface area (Å²) in [6, 6.07) is 0.554. The molecule has 0 unspecified atom stereocenters. The molecule has 0 heterocycles. The van der Waals surface area contributed by atoms with E-state index in [2.05, 4.69) is 19.3 Å². The summed E-state index contributed by atoms with van der Waals surface area (Å²) in [5.41, 5.74) is 2.96. The molecule has 2 heteroatoms. The van der Waals surface area contributed by atoms with Crippen molar-refractivity contribution < 1.29 is 0 Å². The van der Waals surface area contributed by atoms with Crippen LogP contribution in [0.15, 0.2) is 0 Å². The van der Waals surface area contributed by atoms with Crippen molar-refractivity contribution in [3.63, 3.8) is 0 Å². The molecule has 0 aliphatic rings. The molecule has 92 valence electrons. The molecular formula is C13H30N2. The molecule has 2 nitrogen and oxygen atoms in total. The predicted molar refractivity (Wildman–Crippen MR) is 68.6 cm³/mol. The maximum atomic E-state index is 5.55. The highest BCUT2D eigenvalue weighted by molar-refractivity contribution is 4.63. The molecule has 0 rings (SSSR count). The zero-order chi connectivity index (χ0) is 11.4. The zero-order valence-corrected chi connectivity index (χ0v) is 10.7. The normalized spacial score (nSPS) is 11.2. The van der Waals surface area contributed by atoms with Crippen molar-refractivity contribution in [1.82, 2.24) is 5.43 Å². The van der Waals surface area contributed by atoms with Gasteiger partial charge in [0.15, 0.2) is 0 Å². The van der Waals surface area contributed by atoms with E-state index in [4.69, 9.17) is 5.84 Å². The first-order chi connectivity index (χ1) is 7.35. The second-order valence-corrected chi connectivity index (χ2v) is 4.56. The number of nitrogens with one attached hydrogen (secondary N) is 1. The van der Waals surface area contributed by atoms with Gasteiger partial charge >= 0.3 is 0 Å². The van der Waals surface area contributed by atoms with E-state index in [-0.39, 0.29) is 0 Å². The highest BCUT2D eigenvalue weighted by atomic mass is 15.2. The Bertz CT molecular complexity index is 103. The monoisotopic (exact) mass is 214 g/mol. The Labute approximate surface area is 96.0 Å². The van der Waals surface area contributed by atoms with Crippen LogP contribution in [0.3, 0.4) is 0 Å². The van der Waals surface area contributed by atoms with Crippen molar-refractivity contribution in [2.24, 2.45) is 5.84 Å². The Morgan fingerprint density at radius 1 is 0.800 bits per heavy atom. The SMILES string of the molecule is CCCCCCC(CCCCCC)NN. The Morgan fingerprint density at radius 2 is 1.27 bits per heavy atom. The zero-order valence-electron chi connectivity index (χ0n) is 10.7. The minimum absolute atomic E-state index is 0.554. The minimum atomic E-state index is 0.554. The van der Waals surface area contributed by atoms with Gasteiger partial charge in [0, 0.05) is 6.04 Å². The standard InChI is InChI=1S/C13H30N2/c1-3-5-7-9-11-13(15-14)12-10-8-6-4-2/h13,15H,3-12,14H2,1-2H3. The first-order valence-electron chi connectivity index (χ1n) is 6.81. The largest absolute Gasteiger partial charge is 0.271 e. The van der Waals surface area contributed by atoms with Crippen LogP contribution in [0.5, 0.6) is 0 Å². The van der Waals surface area contributed by atoms with E-state index < -0.39 is 0 Å². The third-order valence-corrected chi connectivity index (χ3v) is 3.05. The third-order valence-electron chi connectivity index (χ3n) is 3.05. The number of unbranched alkanes of at least 4 members (excludes halogenated alkanes) is 6. The second kappa shape index (κ2) is 12.0. The maximum absolute atomic E-state index is 5.55. The summed E-state index contributed by atoms with van der Waals surface area (Å²) < 4.78 is 0. The molecule has 0 aliphatic carbocycles. The molecule has 0 aromatic heterocycles. The lowest BCUT2D eigenvalue weighted by molar-refractivity contribution is 0.422. The Kier molecular flexibility index (Phi) is 11.9. The van der Waals surface area contributed by atoms with Gasteiger partial charge in [0.05, 0.1) is 0 Å². The van der Waals surface area contributed by atoms with Crippen molar-refractivity contribution in [2.45, 2.75) is 84.1 Å². The number of hydrazine groups is 1. The molecule has 0 aromatic carbocycles. The Hall–Kier alpha value is -0.0800. The molecule has 0 amide bonds. The number of hydrogen-bond acceptors (Lipinski definition) is 2. The summed E-state index contributed by atoms with van der Waals surface area (Å²) >= 11 is 0. The van der Waals surface area contributed by atoms with Crippen molar-refractivity contribution in [3.05, 3.63) is 0 Å². The van der Waals surface area contributed by atoms with E-state index in [1.165, 1.54) is 64.2 Å². The topological polar surface area (TPSA) is 38.0 Å². The summed E-state index contributed by atoms with van der Waals surface area (Å²) in [5, 5.41) is 0. The van der Waals surface area contributed by atoms with Gasteiger partial charge in [0.1, 0.15) is 0 Å². The quantitative estimate of drug-likeness (QED) is 0.312. The summed E-state index contributed by atoms with van der Waals surface area (Å²) in [5.74, 6) is 5.55. The first-order valence-corrected chi connectivity index (χ1v) is 6.81. The van der Waals surface area contributed by atoms with E-state index in [9.17, 15) is 0 Å². The lowest BCUT2D eigenvalue weighted by Crippen LogP contribution is -2.34. The van der Waals surface area contributed by atoms with E-state index in [0.717, 1.165) is 0 Å². The fraction of sp³-hybridized carbons (Fsp3) is 1.00. The maximum Gasteiger partial charge on any atom is 0.0210 e. The summed E-state index contributed by atoms with van der Waals surface area (Å²) in [4.78, 5) is 0. The van der Waals surface area contributed by atoms with Crippen molar-refractivity contribution >= 4 is 0 Å². The van der Waals surface area contributed by atoms with E-state index in [0.29, 0.717) is 6.04 Å². The van der Waals surface area contributed by atoms with Crippen LogP contribution >= 0.6 is 0 Å². The smallest absolute Gasteiger partial charge is 0.0210 e. The van der Waals surface area contributed by atoms with Crippen LogP contribution in [-0.4, -0.2) is 6.04 Å². The average Bonchev–Trinajstić information content (AvgIpc) is 2.27. The molecule has 0 saturated heterocycles. The molecule has 3 N–H and O–H groups in total. The fourth-order valence-electron chi connectivity index (χ4n) is 1.95. The summed E-state index contributed by atoms with van der Waals surface area (Å²) in [7, 11) is 0.